The summed E-state index contributed by atoms with van der Waals surface area (Å²) in [6.07, 6.45) is 6.19. The van der Waals surface area contributed by atoms with E-state index >= 15 is 0 Å². The fourth-order valence-corrected chi connectivity index (χ4v) is 3.77. The lowest BCUT2D eigenvalue weighted by molar-refractivity contribution is -0.141. The van der Waals surface area contributed by atoms with E-state index in [4.69, 9.17) is 0 Å². The van der Waals surface area contributed by atoms with Crippen molar-refractivity contribution >= 4 is 11.8 Å². The van der Waals surface area contributed by atoms with Crippen molar-refractivity contribution in [3.05, 3.63) is 35.9 Å². The Labute approximate surface area is 138 Å². The highest BCUT2D eigenvalue weighted by atomic mass is 16.2. The van der Waals surface area contributed by atoms with Gasteiger partial charge in [0, 0.05) is 20.0 Å². The first-order valence-electron chi connectivity index (χ1n) is 8.76. The van der Waals surface area contributed by atoms with Gasteiger partial charge in [0.15, 0.2) is 0 Å². The third kappa shape index (κ3) is 3.74. The fourth-order valence-electron chi connectivity index (χ4n) is 3.77. The molecule has 0 bridgehead atoms. The molecule has 0 unspecified atom stereocenters. The first-order valence-corrected chi connectivity index (χ1v) is 8.76. The summed E-state index contributed by atoms with van der Waals surface area (Å²) in [5.41, 5.74) is 1.20. The van der Waals surface area contributed by atoms with Gasteiger partial charge in [0.05, 0.1) is 12.0 Å². The summed E-state index contributed by atoms with van der Waals surface area (Å²) in [5, 5.41) is 3.29. The van der Waals surface area contributed by atoms with Crippen LogP contribution >= 0.6 is 0 Å². The Hall–Kier alpha value is -1.84. The molecule has 4 nitrogen and oxygen atoms in total. The van der Waals surface area contributed by atoms with E-state index in [0.717, 1.165) is 0 Å². The molecule has 1 aromatic rings. The largest absolute Gasteiger partial charge is 0.349 e. The first-order chi connectivity index (χ1) is 11.1. The van der Waals surface area contributed by atoms with Crippen LogP contribution in [0.5, 0.6) is 0 Å². The maximum Gasteiger partial charge on any atom is 0.227 e. The molecule has 1 saturated carbocycles. The average molecular weight is 314 g/mol. The summed E-state index contributed by atoms with van der Waals surface area (Å²) in [6, 6.07) is 10.4. The molecule has 1 N–H and O–H groups in total. The molecule has 0 aromatic heterocycles. The summed E-state index contributed by atoms with van der Waals surface area (Å²) in [7, 11) is 0. The quantitative estimate of drug-likeness (QED) is 0.929. The summed E-state index contributed by atoms with van der Waals surface area (Å²) in [5.74, 6) is 0.635. The maximum absolute atomic E-state index is 12.6. The molecular formula is C19H26N2O2. The minimum Gasteiger partial charge on any atom is -0.349 e. The van der Waals surface area contributed by atoms with Crippen molar-refractivity contribution in [1.82, 2.24) is 10.2 Å². The summed E-state index contributed by atoms with van der Waals surface area (Å²) in [6.45, 7) is 2.68. The van der Waals surface area contributed by atoms with Gasteiger partial charge < -0.3 is 10.2 Å². The normalized spacial score (nSPS) is 20.7. The van der Waals surface area contributed by atoms with Gasteiger partial charge in [-0.3, -0.25) is 9.59 Å². The van der Waals surface area contributed by atoms with Crippen LogP contribution in [0.2, 0.25) is 0 Å². The average Bonchev–Trinajstić information content (AvgIpc) is 2.52. The number of rotatable bonds is 4. The van der Waals surface area contributed by atoms with Crippen LogP contribution in [0, 0.1) is 11.8 Å². The van der Waals surface area contributed by atoms with Gasteiger partial charge in [0.2, 0.25) is 11.8 Å². The zero-order chi connectivity index (χ0) is 16.2. The Morgan fingerprint density at radius 1 is 1.09 bits per heavy atom. The van der Waals surface area contributed by atoms with E-state index in [0.29, 0.717) is 19.0 Å². The van der Waals surface area contributed by atoms with Crippen LogP contribution in [0.3, 0.4) is 0 Å². The number of amides is 2. The molecule has 0 spiro atoms. The predicted octanol–water partition coefficient (Wildman–Crippen LogP) is 2.90. The zero-order valence-electron chi connectivity index (χ0n) is 13.8. The third-order valence-corrected chi connectivity index (χ3v) is 5.28. The van der Waals surface area contributed by atoms with Gasteiger partial charge in [-0.1, -0.05) is 49.6 Å². The standard InChI is InChI=1S/C19H26N2O2/c1-14(22)21-12-17(13-21)19(23)20-18(15-8-4-2-5-9-15)16-10-6-3-7-11-16/h2,4-5,8-9,16-18H,3,6-7,10-13H2,1H3,(H,20,23)/t18-/m0/s1. The molecule has 2 fully saturated rings. The van der Waals surface area contributed by atoms with Crippen LogP contribution in [0.15, 0.2) is 30.3 Å². The number of hydrogen-bond acceptors (Lipinski definition) is 2. The molecule has 23 heavy (non-hydrogen) atoms. The molecule has 124 valence electrons. The molecule has 1 atom stereocenters. The van der Waals surface area contributed by atoms with Gasteiger partial charge in [-0.2, -0.15) is 0 Å². The SMILES string of the molecule is CC(=O)N1CC(C(=O)N[C@@H](c2ccccc2)C2CCCCC2)C1. The molecule has 4 heteroatoms. The van der Waals surface area contributed by atoms with E-state index in [1.54, 1.807) is 11.8 Å². The monoisotopic (exact) mass is 314 g/mol. The Bertz CT molecular complexity index is 546. The molecule has 1 aromatic carbocycles. The number of likely N-dealkylation sites (tertiary alicyclic amines) is 1. The number of hydrogen-bond donors (Lipinski definition) is 1. The van der Waals surface area contributed by atoms with Crippen molar-refractivity contribution in [2.24, 2.45) is 11.8 Å². The van der Waals surface area contributed by atoms with Gasteiger partial charge >= 0.3 is 0 Å². The Balaban J connectivity index is 1.66. The van der Waals surface area contributed by atoms with E-state index in [2.05, 4.69) is 17.4 Å². The Kier molecular flexibility index (Phi) is 4.99. The number of benzene rings is 1. The minimum atomic E-state index is -0.0475. The lowest BCUT2D eigenvalue weighted by Crippen LogP contribution is -2.55. The third-order valence-electron chi connectivity index (χ3n) is 5.28. The smallest absolute Gasteiger partial charge is 0.227 e. The maximum atomic E-state index is 12.6. The van der Waals surface area contributed by atoms with Crippen molar-refractivity contribution in [3.8, 4) is 0 Å². The van der Waals surface area contributed by atoms with E-state index in [1.165, 1.54) is 37.7 Å². The van der Waals surface area contributed by atoms with Crippen molar-refractivity contribution in [3.63, 3.8) is 0 Å². The molecule has 1 aliphatic heterocycles. The van der Waals surface area contributed by atoms with Crippen molar-refractivity contribution < 1.29 is 9.59 Å². The molecule has 3 rings (SSSR count). The van der Waals surface area contributed by atoms with Crippen LogP contribution in [-0.2, 0) is 9.59 Å². The number of nitrogens with zero attached hydrogens (tertiary/aromatic N) is 1. The second-order valence-corrected chi connectivity index (χ2v) is 6.92. The summed E-state index contributed by atoms with van der Waals surface area (Å²) < 4.78 is 0. The minimum absolute atomic E-state index is 0.0475. The second kappa shape index (κ2) is 7.16. The lowest BCUT2D eigenvalue weighted by Gasteiger charge is -2.39. The van der Waals surface area contributed by atoms with Crippen molar-refractivity contribution in [2.45, 2.75) is 45.1 Å². The lowest BCUT2D eigenvalue weighted by atomic mass is 9.80. The summed E-state index contributed by atoms with van der Waals surface area (Å²) >= 11 is 0. The molecule has 2 aliphatic rings. The number of carbonyl (C=O) groups is 2. The molecule has 1 saturated heterocycles. The van der Waals surface area contributed by atoms with Gasteiger partial charge in [-0.25, -0.2) is 0 Å². The molecule has 1 aliphatic carbocycles. The van der Waals surface area contributed by atoms with E-state index in [9.17, 15) is 9.59 Å². The Morgan fingerprint density at radius 2 is 1.74 bits per heavy atom. The van der Waals surface area contributed by atoms with Crippen molar-refractivity contribution in [1.29, 1.82) is 0 Å². The topological polar surface area (TPSA) is 49.4 Å². The van der Waals surface area contributed by atoms with Gasteiger partial charge in [-0.15, -0.1) is 0 Å². The highest BCUT2D eigenvalue weighted by Crippen LogP contribution is 2.34. The van der Waals surface area contributed by atoms with E-state index in [-0.39, 0.29) is 23.8 Å². The molecular weight excluding hydrogens is 288 g/mol. The van der Waals surface area contributed by atoms with Crippen molar-refractivity contribution in [2.75, 3.05) is 13.1 Å². The van der Waals surface area contributed by atoms with Crippen LogP contribution in [0.4, 0.5) is 0 Å². The van der Waals surface area contributed by atoms with Crippen LogP contribution in [-0.4, -0.2) is 29.8 Å². The van der Waals surface area contributed by atoms with E-state index in [1.807, 2.05) is 18.2 Å². The number of carbonyl (C=O) groups excluding carboxylic acids is 2. The van der Waals surface area contributed by atoms with Gasteiger partial charge in [-0.05, 0) is 24.3 Å². The molecule has 1 heterocycles. The van der Waals surface area contributed by atoms with Gasteiger partial charge in [0.25, 0.3) is 0 Å². The van der Waals surface area contributed by atoms with Gasteiger partial charge in [0.1, 0.15) is 0 Å². The predicted molar refractivity (Wildman–Crippen MR) is 89.6 cm³/mol. The molecule has 0 radical (unpaired) electrons. The van der Waals surface area contributed by atoms with Crippen LogP contribution in [0.25, 0.3) is 0 Å². The van der Waals surface area contributed by atoms with Crippen LogP contribution in [0.1, 0.15) is 50.6 Å². The Morgan fingerprint density at radius 3 is 2.35 bits per heavy atom. The fraction of sp³-hybridized carbons (Fsp3) is 0.579. The zero-order valence-corrected chi connectivity index (χ0v) is 13.8. The van der Waals surface area contributed by atoms with Crippen LogP contribution < -0.4 is 5.32 Å². The highest BCUT2D eigenvalue weighted by molar-refractivity contribution is 5.84. The van der Waals surface area contributed by atoms with E-state index < -0.39 is 0 Å². The highest BCUT2D eigenvalue weighted by Gasteiger charge is 2.36. The number of nitrogens with one attached hydrogen (secondary N) is 1. The second-order valence-electron chi connectivity index (χ2n) is 6.92. The molecule has 2 amide bonds. The summed E-state index contributed by atoms with van der Waals surface area (Å²) in [4.78, 5) is 25.6. The first kappa shape index (κ1) is 16.0.